The second kappa shape index (κ2) is 12.4. The number of nitrogens with zero attached hydrogens (tertiary/aromatic N) is 3. The maximum atomic E-state index is 10.4. The zero-order valence-corrected chi connectivity index (χ0v) is 19.3. The van der Waals surface area contributed by atoms with Gasteiger partial charge in [0, 0.05) is 26.2 Å². The molecule has 2 unspecified atom stereocenters. The summed E-state index contributed by atoms with van der Waals surface area (Å²) in [5.41, 5.74) is 0.848. The van der Waals surface area contributed by atoms with Gasteiger partial charge in [-0.25, -0.2) is 0 Å². The number of hydrogen-bond acceptors (Lipinski definition) is 4. The first-order valence-electron chi connectivity index (χ1n) is 9.64. The van der Waals surface area contributed by atoms with Gasteiger partial charge in [0.25, 0.3) is 0 Å². The fourth-order valence-electron chi connectivity index (χ4n) is 3.49. The maximum Gasteiger partial charge on any atom is 0.193 e. The van der Waals surface area contributed by atoms with Crippen LogP contribution in [0.2, 0.25) is 0 Å². The molecule has 2 atom stereocenters. The molecule has 0 aromatic heterocycles. The van der Waals surface area contributed by atoms with Crippen molar-refractivity contribution in [2.45, 2.75) is 38.8 Å². The lowest BCUT2D eigenvalue weighted by molar-refractivity contribution is 0.186. The van der Waals surface area contributed by atoms with Crippen LogP contribution in [0.25, 0.3) is 0 Å². The zero-order valence-electron chi connectivity index (χ0n) is 17.0. The summed E-state index contributed by atoms with van der Waals surface area (Å²) in [5.74, 6) is 1.64. The molecule has 1 aliphatic heterocycles. The molecule has 7 heteroatoms. The van der Waals surface area contributed by atoms with Gasteiger partial charge in [-0.2, -0.15) is 0 Å². The predicted molar refractivity (Wildman–Crippen MR) is 122 cm³/mol. The highest BCUT2D eigenvalue weighted by molar-refractivity contribution is 14.0. The van der Waals surface area contributed by atoms with Gasteiger partial charge >= 0.3 is 0 Å². The number of hydrogen-bond donors (Lipinski definition) is 2. The highest BCUT2D eigenvalue weighted by Crippen LogP contribution is 2.19. The average molecular weight is 490 g/mol. The molecule has 2 N–H and O–H groups in total. The lowest BCUT2D eigenvalue weighted by Crippen LogP contribution is -2.46. The highest BCUT2D eigenvalue weighted by Gasteiger charge is 2.25. The Hall–Kier alpha value is -1.06. The number of halogens is 1. The van der Waals surface area contributed by atoms with Crippen LogP contribution in [-0.4, -0.2) is 73.8 Å². The number of guanidine groups is 1. The lowest BCUT2D eigenvalue weighted by atomic mass is 10.1. The molecule has 1 aromatic carbocycles. The van der Waals surface area contributed by atoms with E-state index in [-0.39, 0.29) is 24.0 Å². The number of methoxy groups -OCH3 is 1. The number of rotatable bonds is 8. The number of aliphatic imine (C=N–C) groups is 1. The van der Waals surface area contributed by atoms with Crippen LogP contribution in [0.5, 0.6) is 5.75 Å². The number of aliphatic hydroxyl groups is 1. The van der Waals surface area contributed by atoms with E-state index in [1.165, 1.54) is 19.4 Å². The van der Waals surface area contributed by atoms with E-state index in [0.717, 1.165) is 36.9 Å². The van der Waals surface area contributed by atoms with Gasteiger partial charge in [-0.1, -0.05) is 19.1 Å². The fourth-order valence-corrected chi connectivity index (χ4v) is 3.49. The Balaban J connectivity index is 0.00000364. The molecular formula is C20H35IN4O2. The van der Waals surface area contributed by atoms with Gasteiger partial charge in [0.15, 0.2) is 5.96 Å². The quantitative estimate of drug-likeness (QED) is 0.334. The van der Waals surface area contributed by atoms with Crippen molar-refractivity contribution in [1.29, 1.82) is 0 Å². The molecule has 154 valence electrons. The second-order valence-corrected chi connectivity index (χ2v) is 6.79. The summed E-state index contributed by atoms with van der Waals surface area (Å²) < 4.78 is 5.16. The van der Waals surface area contributed by atoms with E-state index in [1.54, 1.807) is 7.11 Å². The van der Waals surface area contributed by atoms with E-state index in [4.69, 9.17) is 4.74 Å². The van der Waals surface area contributed by atoms with Crippen LogP contribution in [0.1, 0.15) is 38.4 Å². The van der Waals surface area contributed by atoms with E-state index < -0.39 is 6.10 Å². The summed E-state index contributed by atoms with van der Waals surface area (Å²) in [4.78, 5) is 9.37. The number of likely N-dealkylation sites (N-methyl/N-ethyl adjacent to an activating group) is 2. The van der Waals surface area contributed by atoms with E-state index in [9.17, 15) is 5.11 Å². The van der Waals surface area contributed by atoms with E-state index >= 15 is 0 Å². The second-order valence-electron chi connectivity index (χ2n) is 6.79. The molecule has 0 radical (unpaired) electrons. The van der Waals surface area contributed by atoms with Gasteiger partial charge < -0.3 is 20.1 Å². The average Bonchev–Trinajstić information content (AvgIpc) is 3.11. The van der Waals surface area contributed by atoms with Crippen LogP contribution in [0.4, 0.5) is 0 Å². The van der Waals surface area contributed by atoms with Crippen LogP contribution in [0.3, 0.4) is 0 Å². The van der Waals surface area contributed by atoms with Gasteiger partial charge in [0.05, 0.1) is 19.8 Å². The van der Waals surface area contributed by atoms with Crippen LogP contribution in [0.15, 0.2) is 29.3 Å². The monoisotopic (exact) mass is 490 g/mol. The van der Waals surface area contributed by atoms with Gasteiger partial charge in [-0.15, -0.1) is 24.0 Å². The Kier molecular flexibility index (Phi) is 11.0. The van der Waals surface area contributed by atoms with E-state index in [0.29, 0.717) is 12.6 Å². The molecule has 0 aliphatic carbocycles. The summed E-state index contributed by atoms with van der Waals surface area (Å²) in [6.45, 7) is 8.69. The molecule has 0 amide bonds. The van der Waals surface area contributed by atoms with Crippen molar-refractivity contribution in [2.75, 3.05) is 46.9 Å². The summed E-state index contributed by atoms with van der Waals surface area (Å²) in [6, 6.07) is 8.07. The number of ether oxygens (including phenoxy) is 1. The first-order chi connectivity index (χ1) is 12.6. The minimum Gasteiger partial charge on any atom is -0.497 e. The fraction of sp³-hybridized carbons (Fsp3) is 0.650. The van der Waals surface area contributed by atoms with E-state index in [1.807, 2.05) is 24.3 Å². The third kappa shape index (κ3) is 7.12. The Morgan fingerprint density at radius 1 is 1.37 bits per heavy atom. The van der Waals surface area contributed by atoms with Gasteiger partial charge in [-0.05, 0) is 50.6 Å². The van der Waals surface area contributed by atoms with Gasteiger partial charge in [0.2, 0.25) is 0 Å². The third-order valence-electron chi connectivity index (χ3n) is 5.00. The van der Waals surface area contributed by atoms with Crippen molar-refractivity contribution in [3.63, 3.8) is 0 Å². The summed E-state index contributed by atoms with van der Waals surface area (Å²) in [6.07, 6.45) is 1.89. The molecule has 0 bridgehead atoms. The Morgan fingerprint density at radius 3 is 2.67 bits per heavy atom. The maximum absolute atomic E-state index is 10.4. The largest absolute Gasteiger partial charge is 0.497 e. The van der Waals surface area contributed by atoms with Crippen molar-refractivity contribution in [2.24, 2.45) is 4.99 Å². The topological polar surface area (TPSA) is 60.3 Å². The summed E-state index contributed by atoms with van der Waals surface area (Å²) >= 11 is 0. The lowest BCUT2D eigenvalue weighted by Gasteiger charge is -2.30. The molecule has 2 rings (SSSR count). The zero-order chi connectivity index (χ0) is 18.9. The van der Waals surface area contributed by atoms with Crippen molar-refractivity contribution >= 4 is 29.9 Å². The van der Waals surface area contributed by atoms with Crippen molar-refractivity contribution < 1.29 is 9.84 Å². The normalized spacial score (nSPS) is 18.7. The molecule has 0 saturated carbocycles. The predicted octanol–water partition coefficient (Wildman–Crippen LogP) is 2.73. The third-order valence-corrected chi connectivity index (χ3v) is 5.00. The Morgan fingerprint density at radius 2 is 2.07 bits per heavy atom. The standard InChI is InChI=1S/C20H34N4O2.HI/c1-5-21-20(23(3)15-17-8-7-13-24(17)6-2)22-14-19(25)16-9-11-18(26-4)12-10-16;/h9-12,17,19,25H,5-8,13-15H2,1-4H3,(H,21,22);1H. The smallest absolute Gasteiger partial charge is 0.193 e. The summed E-state index contributed by atoms with van der Waals surface area (Å²) in [5, 5.41) is 13.8. The number of aliphatic hydroxyl groups excluding tert-OH is 1. The first kappa shape index (κ1) is 24.0. The molecule has 6 nitrogen and oxygen atoms in total. The molecule has 1 aromatic rings. The molecule has 27 heavy (non-hydrogen) atoms. The molecule has 0 spiro atoms. The molecule has 1 saturated heterocycles. The van der Waals surface area contributed by atoms with Crippen LogP contribution in [0, 0.1) is 0 Å². The van der Waals surface area contributed by atoms with Crippen molar-refractivity contribution in [1.82, 2.24) is 15.1 Å². The number of nitrogens with one attached hydrogen (secondary N) is 1. The molecule has 1 fully saturated rings. The molecule has 1 heterocycles. The Labute approximate surface area is 181 Å². The van der Waals surface area contributed by atoms with Gasteiger partial charge in [0.1, 0.15) is 5.75 Å². The molecular weight excluding hydrogens is 455 g/mol. The molecule has 1 aliphatic rings. The number of likely N-dealkylation sites (tertiary alicyclic amines) is 1. The van der Waals surface area contributed by atoms with Crippen molar-refractivity contribution in [3.8, 4) is 5.75 Å². The van der Waals surface area contributed by atoms with Gasteiger partial charge in [-0.3, -0.25) is 9.89 Å². The Bertz CT molecular complexity index is 568. The van der Waals surface area contributed by atoms with Crippen LogP contribution in [-0.2, 0) is 0 Å². The van der Waals surface area contributed by atoms with Crippen LogP contribution < -0.4 is 10.1 Å². The first-order valence-corrected chi connectivity index (χ1v) is 9.64. The minimum atomic E-state index is -0.624. The van der Waals surface area contributed by atoms with Crippen LogP contribution >= 0.6 is 24.0 Å². The summed E-state index contributed by atoms with van der Waals surface area (Å²) in [7, 11) is 3.71. The SMILES string of the molecule is CCNC(=NCC(O)c1ccc(OC)cc1)N(C)CC1CCCN1CC.I. The van der Waals surface area contributed by atoms with E-state index in [2.05, 4.69) is 41.0 Å². The van der Waals surface area contributed by atoms with Crippen molar-refractivity contribution in [3.05, 3.63) is 29.8 Å². The number of benzene rings is 1. The highest BCUT2D eigenvalue weighted by atomic mass is 127. The minimum absolute atomic E-state index is 0.